The number of carboxylic acid groups (broad SMARTS) is 1. The number of aliphatic carboxylic acids is 1. The van der Waals surface area contributed by atoms with Gasteiger partial charge in [0.1, 0.15) is 6.04 Å². The Labute approximate surface area is 125 Å². The summed E-state index contributed by atoms with van der Waals surface area (Å²) in [5, 5.41) is 11.5. The van der Waals surface area contributed by atoms with Crippen molar-refractivity contribution in [3.05, 3.63) is 0 Å². The first-order valence-electron chi connectivity index (χ1n) is 7.39. The van der Waals surface area contributed by atoms with Crippen LogP contribution in [-0.4, -0.2) is 46.9 Å². The molecule has 0 saturated carbocycles. The molecular formula is C15H26N2O4. The molecule has 6 heteroatoms. The minimum atomic E-state index is -1.12. The first-order chi connectivity index (χ1) is 9.61. The summed E-state index contributed by atoms with van der Waals surface area (Å²) in [6.07, 6.45) is 2.13. The highest BCUT2D eigenvalue weighted by atomic mass is 16.4. The number of carbonyl (C=O) groups excluding carboxylic acids is 2. The summed E-state index contributed by atoms with van der Waals surface area (Å²) < 4.78 is 0. The number of amides is 2. The molecule has 1 heterocycles. The summed E-state index contributed by atoms with van der Waals surface area (Å²) in [4.78, 5) is 35.9. The fourth-order valence-electron chi connectivity index (χ4n) is 2.75. The van der Waals surface area contributed by atoms with Gasteiger partial charge in [-0.05, 0) is 24.2 Å². The Bertz CT molecular complexity index is 414. The van der Waals surface area contributed by atoms with Crippen LogP contribution in [0.1, 0.15) is 47.0 Å². The van der Waals surface area contributed by atoms with Crippen LogP contribution in [0.15, 0.2) is 0 Å². The predicted octanol–water partition coefficient (Wildman–Crippen LogP) is 1.25. The van der Waals surface area contributed by atoms with E-state index in [1.807, 2.05) is 0 Å². The zero-order chi connectivity index (χ0) is 16.2. The Morgan fingerprint density at radius 2 is 2.00 bits per heavy atom. The number of nitrogens with one attached hydrogen (secondary N) is 1. The molecular weight excluding hydrogens is 272 g/mol. The second-order valence-corrected chi connectivity index (χ2v) is 6.82. The van der Waals surface area contributed by atoms with Crippen molar-refractivity contribution in [1.29, 1.82) is 0 Å². The van der Waals surface area contributed by atoms with Crippen molar-refractivity contribution < 1.29 is 19.5 Å². The maximum Gasteiger partial charge on any atom is 0.328 e. The Morgan fingerprint density at radius 1 is 1.38 bits per heavy atom. The largest absolute Gasteiger partial charge is 0.480 e. The molecule has 0 spiro atoms. The molecule has 0 aliphatic carbocycles. The Balaban J connectivity index is 2.71. The second-order valence-electron chi connectivity index (χ2n) is 6.82. The number of carbonyl (C=O) groups is 3. The van der Waals surface area contributed by atoms with Crippen LogP contribution in [0.2, 0.25) is 0 Å². The quantitative estimate of drug-likeness (QED) is 0.818. The molecule has 2 amide bonds. The molecule has 2 atom stereocenters. The van der Waals surface area contributed by atoms with Crippen LogP contribution < -0.4 is 5.32 Å². The minimum absolute atomic E-state index is 0.0293. The molecule has 0 bridgehead atoms. The Morgan fingerprint density at radius 3 is 2.48 bits per heavy atom. The van der Waals surface area contributed by atoms with Gasteiger partial charge in [0.05, 0.1) is 6.54 Å². The molecule has 0 aromatic heterocycles. The van der Waals surface area contributed by atoms with Crippen LogP contribution >= 0.6 is 0 Å². The molecule has 2 unspecified atom stereocenters. The third kappa shape index (κ3) is 5.36. The van der Waals surface area contributed by atoms with E-state index in [4.69, 9.17) is 5.11 Å². The highest BCUT2D eigenvalue weighted by Crippen LogP contribution is 2.34. The van der Waals surface area contributed by atoms with E-state index in [0.29, 0.717) is 18.9 Å². The summed E-state index contributed by atoms with van der Waals surface area (Å²) in [7, 11) is 0. The van der Waals surface area contributed by atoms with Crippen molar-refractivity contribution in [3.63, 3.8) is 0 Å². The number of rotatable bonds is 4. The lowest BCUT2D eigenvalue weighted by Gasteiger charge is -2.30. The molecule has 0 aromatic rings. The van der Waals surface area contributed by atoms with Crippen molar-refractivity contribution in [1.82, 2.24) is 10.2 Å². The number of nitrogens with zero attached hydrogens (tertiary/aromatic N) is 1. The van der Waals surface area contributed by atoms with Gasteiger partial charge in [0.15, 0.2) is 0 Å². The monoisotopic (exact) mass is 298 g/mol. The van der Waals surface area contributed by atoms with Gasteiger partial charge >= 0.3 is 5.97 Å². The number of likely N-dealkylation sites (tertiary alicyclic amines) is 1. The van der Waals surface area contributed by atoms with E-state index >= 15 is 0 Å². The molecule has 1 aliphatic heterocycles. The first-order valence-corrected chi connectivity index (χ1v) is 7.39. The van der Waals surface area contributed by atoms with Crippen LogP contribution in [0.3, 0.4) is 0 Å². The van der Waals surface area contributed by atoms with Gasteiger partial charge in [-0.2, -0.15) is 0 Å². The van der Waals surface area contributed by atoms with Crippen LogP contribution in [-0.2, 0) is 14.4 Å². The van der Waals surface area contributed by atoms with Crippen molar-refractivity contribution >= 4 is 17.8 Å². The van der Waals surface area contributed by atoms with Gasteiger partial charge in [0.25, 0.3) is 0 Å². The molecule has 1 rings (SSSR count). The molecule has 1 saturated heterocycles. The SMILES string of the molecule is CC(=O)NC(CN1CCC(C(C)(C)C)CCC1=O)C(=O)O. The molecule has 120 valence electrons. The van der Waals surface area contributed by atoms with Crippen molar-refractivity contribution in [3.8, 4) is 0 Å². The smallest absolute Gasteiger partial charge is 0.328 e. The second kappa shape index (κ2) is 6.91. The molecule has 1 aliphatic rings. The maximum atomic E-state index is 12.2. The number of hydrogen-bond acceptors (Lipinski definition) is 3. The fourth-order valence-corrected chi connectivity index (χ4v) is 2.75. The summed E-state index contributed by atoms with van der Waals surface area (Å²) in [6.45, 7) is 8.34. The maximum absolute atomic E-state index is 12.2. The van der Waals surface area contributed by atoms with Crippen LogP contribution in [0.25, 0.3) is 0 Å². The van der Waals surface area contributed by atoms with E-state index in [2.05, 4.69) is 26.1 Å². The predicted molar refractivity (Wildman–Crippen MR) is 78.6 cm³/mol. The van der Waals surface area contributed by atoms with Gasteiger partial charge in [0, 0.05) is 19.9 Å². The van der Waals surface area contributed by atoms with Gasteiger partial charge in [-0.1, -0.05) is 20.8 Å². The standard InChI is InChI=1S/C15H26N2O4/c1-10(18)16-12(14(20)21)9-17-8-7-11(15(2,3)4)5-6-13(17)19/h11-12H,5-9H2,1-4H3,(H,16,18)(H,20,21). The van der Waals surface area contributed by atoms with Gasteiger partial charge in [0.2, 0.25) is 11.8 Å². The zero-order valence-corrected chi connectivity index (χ0v) is 13.3. The molecule has 1 fully saturated rings. The van der Waals surface area contributed by atoms with E-state index in [-0.39, 0.29) is 17.9 Å². The Hall–Kier alpha value is -1.59. The summed E-state index contributed by atoms with van der Waals surface area (Å²) in [5.41, 5.74) is 0.139. The van der Waals surface area contributed by atoms with Crippen LogP contribution in [0.4, 0.5) is 0 Å². The van der Waals surface area contributed by atoms with Crippen molar-refractivity contribution in [2.24, 2.45) is 11.3 Å². The van der Waals surface area contributed by atoms with Crippen LogP contribution in [0, 0.1) is 11.3 Å². The third-order valence-corrected chi connectivity index (χ3v) is 4.11. The Kier molecular flexibility index (Phi) is 5.75. The average molecular weight is 298 g/mol. The van der Waals surface area contributed by atoms with Crippen molar-refractivity contribution in [2.75, 3.05) is 13.1 Å². The van der Waals surface area contributed by atoms with Crippen LogP contribution in [0.5, 0.6) is 0 Å². The van der Waals surface area contributed by atoms with Crippen molar-refractivity contribution in [2.45, 2.75) is 53.0 Å². The number of hydrogen-bond donors (Lipinski definition) is 2. The third-order valence-electron chi connectivity index (χ3n) is 4.11. The lowest BCUT2D eigenvalue weighted by atomic mass is 9.77. The van der Waals surface area contributed by atoms with E-state index in [9.17, 15) is 14.4 Å². The van der Waals surface area contributed by atoms with Gasteiger partial charge in [-0.3, -0.25) is 9.59 Å². The molecule has 0 radical (unpaired) electrons. The lowest BCUT2D eigenvalue weighted by Crippen LogP contribution is -2.49. The van der Waals surface area contributed by atoms with E-state index in [0.717, 1.165) is 12.8 Å². The zero-order valence-electron chi connectivity index (χ0n) is 13.3. The normalized spacial score (nSPS) is 21.6. The fraction of sp³-hybridized carbons (Fsp3) is 0.800. The first kappa shape index (κ1) is 17.5. The average Bonchev–Trinajstić information content (AvgIpc) is 2.50. The number of carboxylic acids is 1. The van der Waals surface area contributed by atoms with Gasteiger partial charge in [-0.15, -0.1) is 0 Å². The van der Waals surface area contributed by atoms with E-state index in [1.54, 1.807) is 4.90 Å². The summed E-state index contributed by atoms with van der Waals surface area (Å²) in [6, 6.07) is -1.04. The molecule has 21 heavy (non-hydrogen) atoms. The lowest BCUT2D eigenvalue weighted by molar-refractivity contribution is -0.143. The highest BCUT2D eigenvalue weighted by Gasteiger charge is 2.32. The van der Waals surface area contributed by atoms with E-state index in [1.165, 1.54) is 6.92 Å². The topological polar surface area (TPSA) is 86.7 Å². The summed E-state index contributed by atoms with van der Waals surface area (Å²) in [5.74, 6) is -1.11. The highest BCUT2D eigenvalue weighted by molar-refractivity contribution is 5.83. The molecule has 2 N–H and O–H groups in total. The van der Waals surface area contributed by atoms with Gasteiger partial charge < -0.3 is 15.3 Å². The molecule has 6 nitrogen and oxygen atoms in total. The minimum Gasteiger partial charge on any atom is -0.480 e. The van der Waals surface area contributed by atoms with Gasteiger partial charge in [-0.25, -0.2) is 4.79 Å². The van der Waals surface area contributed by atoms with E-state index < -0.39 is 17.9 Å². The molecule has 0 aromatic carbocycles. The summed E-state index contributed by atoms with van der Waals surface area (Å²) >= 11 is 0.